The molecule has 0 aromatic heterocycles. The third kappa shape index (κ3) is 2.82. The number of hydrogen-bond donors (Lipinski definition) is 1. The molecule has 3 nitrogen and oxygen atoms in total. The lowest BCUT2D eigenvalue weighted by Gasteiger charge is -2.30. The van der Waals surface area contributed by atoms with Crippen LogP contribution in [0.5, 0.6) is 0 Å². The Morgan fingerprint density at radius 2 is 1.94 bits per heavy atom. The monoisotopic (exact) mass is 240 g/mol. The Morgan fingerprint density at radius 3 is 2.35 bits per heavy atom. The molecule has 1 N–H and O–H groups in total. The average Bonchev–Trinajstić information content (AvgIpc) is 2.50. The maximum absolute atomic E-state index is 12.5. The second-order valence-electron chi connectivity index (χ2n) is 5.95. The fourth-order valence-corrected chi connectivity index (χ4v) is 2.50. The summed E-state index contributed by atoms with van der Waals surface area (Å²) in [5.74, 6) is 0.881. The molecule has 1 fully saturated rings. The van der Waals surface area contributed by atoms with E-state index in [1.807, 2.05) is 6.92 Å². The number of amides is 1. The van der Waals surface area contributed by atoms with Crippen LogP contribution in [0.1, 0.15) is 60.8 Å². The first-order valence-corrected chi connectivity index (χ1v) is 6.96. The van der Waals surface area contributed by atoms with Crippen molar-refractivity contribution in [3.05, 3.63) is 0 Å². The van der Waals surface area contributed by atoms with E-state index in [0.29, 0.717) is 12.0 Å². The van der Waals surface area contributed by atoms with Crippen molar-refractivity contribution in [2.45, 2.75) is 78.6 Å². The van der Waals surface area contributed by atoms with Gasteiger partial charge in [0.2, 0.25) is 5.91 Å². The summed E-state index contributed by atoms with van der Waals surface area (Å²) in [7, 11) is 0. The summed E-state index contributed by atoms with van der Waals surface area (Å²) in [6.45, 7) is 12.8. The predicted molar refractivity (Wildman–Crippen MR) is 71.7 cm³/mol. The van der Waals surface area contributed by atoms with Crippen molar-refractivity contribution in [2.75, 3.05) is 0 Å². The van der Waals surface area contributed by atoms with Gasteiger partial charge in [0.25, 0.3) is 0 Å². The lowest BCUT2D eigenvalue weighted by atomic mass is 9.99. The highest BCUT2D eigenvalue weighted by molar-refractivity contribution is 5.88. The summed E-state index contributed by atoms with van der Waals surface area (Å²) in [5, 5.41) is 3.54. The zero-order valence-corrected chi connectivity index (χ0v) is 12.2. The molecule has 1 saturated heterocycles. The van der Waals surface area contributed by atoms with Crippen LogP contribution in [0.15, 0.2) is 0 Å². The van der Waals surface area contributed by atoms with Gasteiger partial charge in [-0.3, -0.25) is 10.1 Å². The van der Waals surface area contributed by atoms with E-state index < -0.39 is 0 Å². The van der Waals surface area contributed by atoms with Crippen LogP contribution in [-0.2, 0) is 4.79 Å². The Bertz CT molecular complexity index is 277. The van der Waals surface area contributed by atoms with Gasteiger partial charge in [0.15, 0.2) is 0 Å². The molecule has 0 aromatic carbocycles. The quantitative estimate of drug-likeness (QED) is 0.801. The number of rotatable bonds is 5. The molecule has 0 bridgehead atoms. The van der Waals surface area contributed by atoms with Crippen molar-refractivity contribution in [3.8, 4) is 0 Å². The van der Waals surface area contributed by atoms with Gasteiger partial charge in [0, 0.05) is 6.04 Å². The first kappa shape index (κ1) is 14.5. The van der Waals surface area contributed by atoms with Crippen molar-refractivity contribution in [3.63, 3.8) is 0 Å². The van der Waals surface area contributed by atoms with E-state index >= 15 is 0 Å². The molecule has 100 valence electrons. The van der Waals surface area contributed by atoms with Crippen molar-refractivity contribution < 1.29 is 4.79 Å². The number of nitrogens with zero attached hydrogens (tertiary/aromatic N) is 1. The van der Waals surface area contributed by atoms with Gasteiger partial charge in [0.1, 0.15) is 0 Å². The van der Waals surface area contributed by atoms with E-state index in [1.54, 1.807) is 0 Å². The number of nitrogens with one attached hydrogen (secondary N) is 1. The Kier molecular flexibility index (Phi) is 4.59. The zero-order chi connectivity index (χ0) is 13.2. The highest BCUT2D eigenvalue weighted by Crippen LogP contribution is 2.29. The molecule has 0 aromatic rings. The van der Waals surface area contributed by atoms with Gasteiger partial charge in [0.05, 0.1) is 11.7 Å². The molecule has 0 spiro atoms. The molecule has 3 unspecified atom stereocenters. The first-order valence-electron chi connectivity index (χ1n) is 6.96. The molecule has 1 aliphatic rings. The summed E-state index contributed by atoms with van der Waals surface area (Å²) in [4.78, 5) is 14.6. The summed E-state index contributed by atoms with van der Waals surface area (Å²) < 4.78 is 0. The van der Waals surface area contributed by atoms with Gasteiger partial charge in [-0.15, -0.1) is 0 Å². The lowest BCUT2D eigenvalue weighted by molar-refractivity contribution is -0.135. The van der Waals surface area contributed by atoms with Gasteiger partial charge < -0.3 is 4.90 Å². The molecule has 3 atom stereocenters. The van der Waals surface area contributed by atoms with E-state index in [9.17, 15) is 4.79 Å². The van der Waals surface area contributed by atoms with Crippen LogP contribution in [0, 0.1) is 5.92 Å². The van der Waals surface area contributed by atoms with E-state index in [1.165, 1.54) is 0 Å². The highest BCUT2D eigenvalue weighted by Gasteiger charge is 2.47. The SMILES string of the molecule is CCC(C)N1C(=O)C(C)(CC)NC1CC(C)C. The Morgan fingerprint density at radius 1 is 1.35 bits per heavy atom. The summed E-state index contributed by atoms with van der Waals surface area (Å²) in [6, 6.07) is 0.326. The third-order valence-electron chi connectivity index (χ3n) is 3.99. The second kappa shape index (κ2) is 5.38. The van der Waals surface area contributed by atoms with Crippen LogP contribution in [-0.4, -0.2) is 28.6 Å². The standard InChI is InChI=1S/C14H28N2O/c1-7-11(5)16-12(9-10(3)4)15-14(6,8-2)13(16)17/h10-12,15H,7-9H2,1-6H3. The van der Waals surface area contributed by atoms with Crippen molar-refractivity contribution in [2.24, 2.45) is 5.92 Å². The second-order valence-corrected chi connectivity index (χ2v) is 5.95. The molecular formula is C14H28N2O. The third-order valence-corrected chi connectivity index (χ3v) is 3.99. The van der Waals surface area contributed by atoms with Crippen LogP contribution < -0.4 is 5.32 Å². The van der Waals surface area contributed by atoms with Crippen LogP contribution in [0.2, 0.25) is 0 Å². The molecule has 0 radical (unpaired) electrons. The topological polar surface area (TPSA) is 32.3 Å². The van der Waals surface area contributed by atoms with E-state index in [4.69, 9.17) is 0 Å². The number of carbonyl (C=O) groups is 1. The maximum Gasteiger partial charge on any atom is 0.244 e. The smallest absolute Gasteiger partial charge is 0.244 e. The van der Waals surface area contributed by atoms with Crippen LogP contribution in [0.3, 0.4) is 0 Å². The molecule has 1 heterocycles. The van der Waals surface area contributed by atoms with E-state index in [2.05, 4.69) is 44.8 Å². The number of carbonyl (C=O) groups excluding carboxylic acids is 1. The molecule has 1 amide bonds. The summed E-state index contributed by atoms with van der Waals surface area (Å²) >= 11 is 0. The minimum absolute atomic E-state index is 0.211. The molecule has 1 aliphatic heterocycles. The van der Waals surface area contributed by atoms with Crippen LogP contribution in [0.4, 0.5) is 0 Å². The van der Waals surface area contributed by atoms with E-state index in [-0.39, 0.29) is 17.6 Å². The van der Waals surface area contributed by atoms with Crippen LogP contribution >= 0.6 is 0 Å². The largest absolute Gasteiger partial charge is 0.323 e. The Labute approximate surface area is 106 Å². The van der Waals surface area contributed by atoms with Crippen molar-refractivity contribution in [1.82, 2.24) is 10.2 Å². The van der Waals surface area contributed by atoms with Gasteiger partial charge in [-0.2, -0.15) is 0 Å². The lowest BCUT2D eigenvalue weighted by Crippen LogP contribution is -2.44. The minimum Gasteiger partial charge on any atom is -0.323 e. The van der Waals surface area contributed by atoms with Gasteiger partial charge >= 0.3 is 0 Å². The average molecular weight is 240 g/mol. The molecular weight excluding hydrogens is 212 g/mol. The molecule has 0 saturated carbocycles. The van der Waals surface area contributed by atoms with Crippen molar-refractivity contribution in [1.29, 1.82) is 0 Å². The van der Waals surface area contributed by atoms with Crippen molar-refractivity contribution >= 4 is 5.91 Å². The predicted octanol–water partition coefficient (Wildman–Crippen LogP) is 2.76. The molecule has 1 rings (SSSR count). The fraction of sp³-hybridized carbons (Fsp3) is 0.929. The molecule has 0 aliphatic carbocycles. The Balaban J connectivity index is 2.91. The van der Waals surface area contributed by atoms with Gasteiger partial charge in [-0.25, -0.2) is 0 Å². The zero-order valence-electron chi connectivity index (χ0n) is 12.2. The fourth-order valence-electron chi connectivity index (χ4n) is 2.50. The maximum atomic E-state index is 12.5. The first-order chi connectivity index (χ1) is 7.85. The summed E-state index contributed by atoms with van der Waals surface area (Å²) in [5.41, 5.74) is -0.358. The number of hydrogen-bond acceptors (Lipinski definition) is 2. The molecule has 3 heteroatoms. The van der Waals surface area contributed by atoms with Gasteiger partial charge in [-0.05, 0) is 39.0 Å². The van der Waals surface area contributed by atoms with Crippen LogP contribution in [0.25, 0.3) is 0 Å². The Hall–Kier alpha value is -0.570. The van der Waals surface area contributed by atoms with Gasteiger partial charge in [-0.1, -0.05) is 27.7 Å². The summed E-state index contributed by atoms with van der Waals surface area (Å²) in [6.07, 6.45) is 3.11. The molecule has 17 heavy (non-hydrogen) atoms. The normalized spacial score (nSPS) is 31.4. The van der Waals surface area contributed by atoms with E-state index in [0.717, 1.165) is 19.3 Å². The highest BCUT2D eigenvalue weighted by atomic mass is 16.2. The minimum atomic E-state index is -0.358.